The Morgan fingerprint density at radius 3 is 2.56 bits per heavy atom. The van der Waals surface area contributed by atoms with Crippen LogP contribution in [0.5, 0.6) is 5.75 Å². The van der Waals surface area contributed by atoms with Gasteiger partial charge in [0, 0.05) is 11.4 Å². The first-order valence-electron chi connectivity index (χ1n) is 8.99. The van der Waals surface area contributed by atoms with Crippen molar-refractivity contribution in [3.05, 3.63) is 42.5 Å². The lowest BCUT2D eigenvalue weighted by Gasteiger charge is -2.26. The van der Waals surface area contributed by atoms with Gasteiger partial charge in [0.2, 0.25) is 0 Å². The van der Waals surface area contributed by atoms with Gasteiger partial charge in [-0.3, -0.25) is 0 Å². The maximum Gasteiger partial charge on any atom is 0.133 e. The summed E-state index contributed by atoms with van der Waals surface area (Å²) >= 11 is 1.65. The van der Waals surface area contributed by atoms with Gasteiger partial charge in [-0.05, 0) is 62.7 Å². The quantitative estimate of drug-likeness (QED) is 0.573. The molecule has 0 radical (unpaired) electrons. The van der Waals surface area contributed by atoms with Crippen molar-refractivity contribution < 1.29 is 4.74 Å². The number of hydrogen-bond donors (Lipinski definition) is 2. The topological polar surface area (TPSA) is 64.5 Å². The molecule has 0 amide bonds. The average molecular weight is 358 g/mol. The lowest BCUT2D eigenvalue weighted by Crippen LogP contribution is -2.31. The monoisotopic (exact) mass is 357 g/mol. The van der Waals surface area contributed by atoms with Crippen molar-refractivity contribution in [2.24, 2.45) is 0 Å². The number of rotatable bonds is 7. The highest BCUT2D eigenvalue weighted by molar-refractivity contribution is 7.99. The summed E-state index contributed by atoms with van der Waals surface area (Å²) in [5.41, 5.74) is 12.9. The number of nitrogens with zero attached hydrogens (tertiary/aromatic N) is 1. The molecule has 1 aliphatic heterocycles. The van der Waals surface area contributed by atoms with Crippen LogP contribution in [0.15, 0.2) is 52.3 Å². The largest absolute Gasteiger partial charge is 0.492 e. The molecular weight excluding hydrogens is 330 g/mol. The first kappa shape index (κ1) is 18.0. The average Bonchev–Trinajstić information content (AvgIpc) is 2.64. The number of piperidine rings is 1. The smallest absolute Gasteiger partial charge is 0.133 e. The molecule has 5 heteroatoms. The van der Waals surface area contributed by atoms with E-state index in [0.29, 0.717) is 11.4 Å². The molecule has 4 N–H and O–H groups in total. The van der Waals surface area contributed by atoms with Gasteiger partial charge in [0.1, 0.15) is 5.75 Å². The second kappa shape index (κ2) is 9.02. The number of anilines is 2. The van der Waals surface area contributed by atoms with E-state index in [9.17, 15) is 0 Å². The third kappa shape index (κ3) is 5.31. The van der Waals surface area contributed by atoms with E-state index in [4.69, 9.17) is 16.2 Å². The number of hydrogen-bond acceptors (Lipinski definition) is 5. The third-order valence-electron chi connectivity index (χ3n) is 4.46. The number of likely N-dealkylation sites (tertiary alicyclic amines) is 1. The SMILES string of the molecule is Nc1ccc(Sc2ccccc2OCCCN2CCCCC2)cc1N. The summed E-state index contributed by atoms with van der Waals surface area (Å²) in [5, 5.41) is 0. The summed E-state index contributed by atoms with van der Waals surface area (Å²) in [6, 6.07) is 13.9. The molecule has 0 aliphatic carbocycles. The lowest BCUT2D eigenvalue weighted by atomic mass is 10.1. The van der Waals surface area contributed by atoms with Gasteiger partial charge in [0.25, 0.3) is 0 Å². The van der Waals surface area contributed by atoms with Gasteiger partial charge in [-0.25, -0.2) is 0 Å². The number of benzene rings is 2. The fourth-order valence-electron chi connectivity index (χ4n) is 3.05. The normalized spacial score (nSPS) is 15.2. The molecule has 25 heavy (non-hydrogen) atoms. The molecule has 0 atom stereocenters. The summed E-state index contributed by atoms with van der Waals surface area (Å²) in [6.45, 7) is 4.36. The molecule has 0 bridgehead atoms. The van der Waals surface area contributed by atoms with Crippen LogP contribution in [0.3, 0.4) is 0 Å². The molecule has 0 saturated carbocycles. The fourth-order valence-corrected chi connectivity index (χ4v) is 4.00. The minimum absolute atomic E-state index is 0.616. The van der Waals surface area contributed by atoms with Crippen LogP contribution in [0.1, 0.15) is 25.7 Å². The zero-order valence-corrected chi connectivity index (χ0v) is 15.4. The Morgan fingerprint density at radius 2 is 1.76 bits per heavy atom. The highest BCUT2D eigenvalue weighted by Crippen LogP contribution is 2.36. The first-order valence-corrected chi connectivity index (χ1v) is 9.81. The van der Waals surface area contributed by atoms with E-state index in [1.165, 1.54) is 32.4 Å². The van der Waals surface area contributed by atoms with Crippen LogP contribution in [0.25, 0.3) is 0 Å². The van der Waals surface area contributed by atoms with Crippen LogP contribution in [-0.2, 0) is 0 Å². The van der Waals surface area contributed by atoms with Crippen molar-refractivity contribution in [2.75, 3.05) is 37.7 Å². The lowest BCUT2D eigenvalue weighted by molar-refractivity contribution is 0.204. The number of para-hydroxylation sites is 1. The Bertz CT molecular complexity index is 686. The van der Waals surface area contributed by atoms with Crippen molar-refractivity contribution in [3.63, 3.8) is 0 Å². The van der Waals surface area contributed by atoms with Crippen LogP contribution >= 0.6 is 11.8 Å². The molecule has 4 nitrogen and oxygen atoms in total. The van der Waals surface area contributed by atoms with Gasteiger partial charge in [0.05, 0.1) is 22.9 Å². The van der Waals surface area contributed by atoms with Gasteiger partial charge in [-0.15, -0.1) is 0 Å². The van der Waals surface area contributed by atoms with Crippen LogP contribution in [0.2, 0.25) is 0 Å². The predicted octanol–water partition coefficient (Wildman–Crippen LogP) is 4.26. The maximum atomic E-state index is 6.05. The molecule has 1 aliphatic rings. The Kier molecular flexibility index (Phi) is 6.48. The number of ether oxygens (including phenoxy) is 1. The van der Waals surface area contributed by atoms with Crippen LogP contribution in [0.4, 0.5) is 11.4 Å². The van der Waals surface area contributed by atoms with E-state index in [1.807, 2.05) is 36.4 Å². The summed E-state index contributed by atoms with van der Waals surface area (Å²) in [4.78, 5) is 4.71. The van der Waals surface area contributed by atoms with Crippen LogP contribution in [-0.4, -0.2) is 31.1 Å². The van der Waals surface area contributed by atoms with Crippen molar-refractivity contribution >= 4 is 23.1 Å². The molecule has 1 fully saturated rings. The molecule has 134 valence electrons. The number of nitrogen functional groups attached to an aromatic ring is 2. The Labute approximate surface area is 154 Å². The van der Waals surface area contributed by atoms with Gasteiger partial charge < -0.3 is 21.1 Å². The summed E-state index contributed by atoms with van der Waals surface area (Å²) in [7, 11) is 0. The molecular formula is C20H27N3OS. The standard InChI is InChI=1S/C20H27N3OS/c21-17-10-9-16(15-18(17)22)25-20-8-3-2-7-19(20)24-14-6-13-23-11-4-1-5-12-23/h2-3,7-10,15H,1,4-6,11-14,21-22H2. The van der Waals surface area contributed by atoms with Gasteiger partial charge in [0.15, 0.2) is 0 Å². The summed E-state index contributed by atoms with van der Waals surface area (Å²) in [5.74, 6) is 0.932. The Balaban J connectivity index is 1.54. The highest BCUT2D eigenvalue weighted by Gasteiger charge is 2.10. The zero-order valence-electron chi connectivity index (χ0n) is 14.6. The van der Waals surface area contributed by atoms with Crippen molar-refractivity contribution in [1.29, 1.82) is 0 Å². The highest BCUT2D eigenvalue weighted by atomic mass is 32.2. The molecule has 0 spiro atoms. The van der Waals surface area contributed by atoms with E-state index < -0.39 is 0 Å². The predicted molar refractivity (Wildman–Crippen MR) is 106 cm³/mol. The van der Waals surface area contributed by atoms with Gasteiger partial charge in [-0.2, -0.15) is 0 Å². The first-order chi connectivity index (χ1) is 12.2. The maximum absolute atomic E-state index is 6.05. The van der Waals surface area contributed by atoms with E-state index in [1.54, 1.807) is 11.8 Å². The third-order valence-corrected chi connectivity index (χ3v) is 5.51. The van der Waals surface area contributed by atoms with Crippen molar-refractivity contribution in [2.45, 2.75) is 35.5 Å². The van der Waals surface area contributed by atoms with Gasteiger partial charge in [-0.1, -0.05) is 30.3 Å². The number of nitrogens with two attached hydrogens (primary N) is 2. The van der Waals surface area contributed by atoms with Crippen molar-refractivity contribution in [3.8, 4) is 5.75 Å². The second-order valence-corrected chi connectivity index (χ2v) is 7.56. The zero-order chi connectivity index (χ0) is 17.5. The molecule has 0 aromatic heterocycles. The molecule has 2 aromatic rings. The minimum Gasteiger partial charge on any atom is -0.492 e. The van der Waals surface area contributed by atoms with Crippen molar-refractivity contribution in [1.82, 2.24) is 4.90 Å². The molecule has 3 rings (SSSR count). The second-order valence-electron chi connectivity index (χ2n) is 6.44. The fraction of sp³-hybridized carbons (Fsp3) is 0.400. The Hall–Kier alpha value is -1.85. The van der Waals surface area contributed by atoms with E-state index in [-0.39, 0.29) is 0 Å². The summed E-state index contributed by atoms with van der Waals surface area (Å²) in [6.07, 6.45) is 5.12. The Morgan fingerprint density at radius 1 is 0.960 bits per heavy atom. The molecule has 1 heterocycles. The molecule has 0 unspecified atom stereocenters. The molecule has 1 saturated heterocycles. The van der Waals surface area contributed by atoms with Crippen LogP contribution in [0, 0.1) is 0 Å². The van der Waals surface area contributed by atoms with E-state index in [0.717, 1.165) is 35.1 Å². The minimum atomic E-state index is 0.616. The summed E-state index contributed by atoms with van der Waals surface area (Å²) < 4.78 is 6.05. The van der Waals surface area contributed by atoms with Crippen LogP contribution < -0.4 is 16.2 Å². The van der Waals surface area contributed by atoms with Gasteiger partial charge >= 0.3 is 0 Å². The van der Waals surface area contributed by atoms with E-state index >= 15 is 0 Å². The molecule has 2 aromatic carbocycles. The van der Waals surface area contributed by atoms with E-state index in [2.05, 4.69) is 11.0 Å².